The minimum Gasteiger partial charge on any atom is -0.327 e. The lowest BCUT2D eigenvalue weighted by molar-refractivity contribution is 0.164. The molecule has 3 rings (SSSR count). The molecule has 0 aromatic heterocycles. The van der Waals surface area contributed by atoms with Gasteiger partial charge in [0.25, 0.3) is 0 Å². The van der Waals surface area contributed by atoms with E-state index >= 15 is 0 Å². The predicted molar refractivity (Wildman–Crippen MR) is 98.9 cm³/mol. The van der Waals surface area contributed by atoms with Crippen LogP contribution in [-0.2, 0) is 5.41 Å². The predicted octanol–water partition coefficient (Wildman–Crippen LogP) is 4.29. The molecule has 1 heterocycles. The number of hydrogen-bond donors (Lipinski definition) is 1. The summed E-state index contributed by atoms with van der Waals surface area (Å²) in [4.78, 5) is 2.65. The molecule has 2 aliphatic rings. The maximum absolute atomic E-state index is 6.38. The molecule has 2 nitrogen and oxygen atoms in total. The summed E-state index contributed by atoms with van der Waals surface area (Å²) in [5.41, 5.74) is 9.51. The fourth-order valence-corrected chi connectivity index (χ4v) is 4.44. The zero-order valence-electron chi connectivity index (χ0n) is 15.2. The van der Waals surface area contributed by atoms with E-state index in [0.29, 0.717) is 12.0 Å². The van der Waals surface area contributed by atoms with Crippen LogP contribution in [0.25, 0.3) is 0 Å². The smallest absolute Gasteiger partial charge is 0.0174 e. The minimum absolute atomic E-state index is 0.232. The maximum Gasteiger partial charge on any atom is 0.0174 e. The Hall–Kier alpha value is -0.860. The fraction of sp³-hybridized carbons (Fsp3) is 0.714. The molecule has 1 aromatic carbocycles. The van der Waals surface area contributed by atoms with E-state index in [4.69, 9.17) is 5.73 Å². The second kappa shape index (κ2) is 6.94. The van der Waals surface area contributed by atoms with Gasteiger partial charge in [-0.05, 0) is 47.6 Å². The molecule has 23 heavy (non-hydrogen) atoms. The Balaban J connectivity index is 1.66. The Morgan fingerprint density at radius 2 is 1.70 bits per heavy atom. The molecule has 2 unspecified atom stereocenters. The van der Waals surface area contributed by atoms with Crippen LogP contribution in [0.2, 0.25) is 0 Å². The number of likely N-dealkylation sites (tertiary alicyclic amines) is 1. The first-order valence-corrected chi connectivity index (χ1v) is 9.50. The second-order valence-electron chi connectivity index (χ2n) is 8.93. The molecule has 1 aromatic rings. The largest absolute Gasteiger partial charge is 0.327 e. The summed E-state index contributed by atoms with van der Waals surface area (Å²) in [6.45, 7) is 10.4. The normalized spacial score (nSPS) is 27.5. The molecule has 0 bridgehead atoms. The van der Waals surface area contributed by atoms with Crippen molar-refractivity contribution in [1.82, 2.24) is 4.90 Å². The van der Waals surface area contributed by atoms with Gasteiger partial charge in [0.2, 0.25) is 0 Å². The molecule has 1 saturated heterocycles. The van der Waals surface area contributed by atoms with Gasteiger partial charge in [0.1, 0.15) is 0 Å². The highest BCUT2D eigenvalue weighted by Crippen LogP contribution is 2.31. The molecule has 0 spiro atoms. The first-order chi connectivity index (χ1) is 10.9. The summed E-state index contributed by atoms with van der Waals surface area (Å²) >= 11 is 0. The second-order valence-corrected chi connectivity index (χ2v) is 8.93. The van der Waals surface area contributed by atoms with Crippen molar-refractivity contribution in [2.45, 2.75) is 70.3 Å². The van der Waals surface area contributed by atoms with Crippen LogP contribution < -0.4 is 5.73 Å². The zero-order chi connectivity index (χ0) is 16.4. The van der Waals surface area contributed by atoms with Crippen molar-refractivity contribution in [2.24, 2.45) is 11.7 Å². The van der Waals surface area contributed by atoms with Crippen LogP contribution in [0.4, 0.5) is 0 Å². The van der Waals surface area contributed by atoms with Crippen LogP contribution in [0.15, 0.2) is 24.3 Å². The molecule has 1 saturated carbocycles. The standard InChI is InChI=1S/C21H34N2/c1-21(2,3)19-10-8-17(9-11-19)18-12-20(22)15-23(14-18)13-16-6-4-5-7-16/h8-11,16,18,20H,4-7,12-15,22H2,1-3H3. The molecule has 128 valence electrons. The van der Waals surface area contributed by atoms with E-state index in [1.165, 1.54) is 49.9 Å². The molecule has 0 radical (unpaired) electrons. The van der Waals surface area contributed by atoms with Crippen molar-refractivity contribution in [3.05, 3.63) is 35.4 Å². The van der Waals surface area contributed by atoms with Crippen molar-refractivity contribution < 1.29 is 0 Å². The molecule has 2 heteroatoms. The highest BCUT2D eigenvalue weighted by atomic mass is 15.2. The number of piperidine rings is 1. The third-order valence-corrected chi connectivity index (χ3v) is 5.80. The van der Waals surface area contributed by atoms with Crippen LogP contribution in [0.1, 0.15) is 69.9 Å². The summed E-state index contributed by atoms with van der Waals surface area (Å²) in [5, 5.41) is 0. The molecular formula is C21H34N2. The number of nitrogens with two attached hydrogens (primary N) is 1. The van der Waals surface area contributed by atoms with Gasteiger partial charge in [-0.25, -0.2) is 0 Å². The lowest BCUT2D eigenvalue weighted by Gasteiger charge is -2.38. The molecule has 2 fully saturated rings. The van der Waals surface area contributed by atoms with E-state index in [2.05, 4.69) is 49.9 Å². The summed E-state index contributed by atoms with van der Waals surface area (Å²) in [7, 11) is 0. The molecular weight excluding hydrogens is 280 g/mol. The van der Waals surface area contributed by atoms with Crippen LogP contribution in [-0.4, -0.2) is 30.6 Å². The van der Waals surface area contributed by atoms with Crippen molar-refractivity contribution in [3.63, 3.8) is 0 Å². The quantitative estimate of drug-likeness (QED) is 0.901. The third-order valence-electron chi connectivity index (χ3n) is 5.80. The molecule has 0 amide bonds. The number of nitrogens with zero attached hydrogens (tertiary/aromatic N) is 1. The van der Waals surface area contributed by atoms with Gasteiger partial charge in [0.05, 0.1) is 0 Å². The fourth-order valence-electron chi connectivity index (χ4n) is 4.44. The first kappa shape index (κ1) is 17.0. The van der Waals surface area contributed by atoms with E-state index < -0.39 is 0 Å². The van der Waals surface area contributed by atoms with Crippen LogP contribution >= 0.6 is 0 Å². The number of benzene rings is 1. The maximum atomic E-state index is 6.38. The number of hydrogen-bond acceptors (Lipinski definition) is 2. The molecule has 1 aliphatic heterocycles. The van der Waals surface area contributed by atoms with E-state index in [9.17, 15) is 0 Å². The molecule has 1 aliphatic carbocycles. The third kappa shape index (κ3) is 4.36. The van der Waals surface area contributed by atoms with Crippen LogP contribution in [0.5, 0.6) is 0 Å². The van der Waals surface area contributed by atoms with Gasteiger partial charge in [0.15, 0.2) is 0 Å². The summed E-state index contributed by atoms with van der Waals surface area (Å²) in [6.07, 6.45) is 6.86. The van der Waals surface area contributed by atoms with Gasteiger partial charge in [-0.3, -0.25) is 0 Å². The monoisotopic (exact) mass is 314 g/mol. The van der Waals surface area contributed by atoms with Gasteiger partial charge >= 0.3 is 0 Å². The SMILES string of the molecule is CC(C)(C)c1ccc(C2CC(N)CN(CC3CCCC3)C2)cc1. The average Bonchev–Trinajstić information content (AvgIpc) is 2.99. The van der Waals surface area contributed by atoms with E-state index in [-0.39, 0.29) is 5.41 Å². The van der Waals surface area contributed by atoms with Crippen LogP contribution in [0, 0.1) is 5.92 Å². The van der Waals surface area contributed by atoms with E-state index in [1.807, 2.05) is 0 Å². The van der Waals surface area contributed by atoms with E-state index in [0.717, 1.165) is 18.9 Å². The molecule has 2 atom stereocenters. The highest BCUT2D eigenvalue weighted by Gasteiger charge is 2.28. The van der Waals surface area contributed by atoms with Crippen molar-refractivity contribution >= 4 is 0 Å². The average molecular weight is 315 g/mol. The summed E-state index contributed by atoms with van der Waals surface area (Å²) < 4.78 is 0. The Kier molecular flexibility index (Phi) is 5.13. The van der Waals surface area contributed by atoms with Gasteiger partial charge in [0, 0.05) is 25.7 Å². The van der Waals surface area contributed by atoms with Crippen LogP contribution in [0.3, 0.4) is 0 Å². The van der Waals surface area contributed by atoms with Gasteiger partial charge in [-0.15, -0.1) is 0 Å². The first-order valence-electron chi connectivity index (χ1n) is 9.50. The lowest BCUT2D eigenvalue weighted by atomic mass is 9.83. The topological polar surface area (TPSA) is 29.3 Å². The Morgan fingerprint density at radius 3 is 2.30 bits per heavy atom. The zero-order valence-corrected chi connectivity index (χ0v) is 15.2. The summed E-state index contributed by atoms with van der Waals surface area (Å²) in [6, 6.07) is 9.65. The molecule has 2 N–H and O–H groups in total. The minimum atomic E-state index is 0.232. The summed E-state index contributed by atoms with van der Waals surface area (Å²) in [5.74, 6) is 1.53. The van der Waals surface area contributed by atoms with E-state index in [1.54, 1.807) is 0 Å². The van der Waals surface area contributed by atoms with Gasteiger partial charge < -0.3 is 10.6 Å². The van der Waals surface area contributed by atoms with Crippen molar-refractivity contribution in [2.75, 3.05) is 19.6 Å². The van der Waals surface area contributed by atoms with Gasteiger partial charge in [-0.2, -0.15) is 0 Å². The van der Waals surface area contributed by atoms with Crippen molar-refractivity contribution in [1.29, 1.82) is 0 Å². The highest BCUT2D eigenvalue weighted by molar-refractivity contribution is 5.30. The number of rotatable bonds is 3. The Morgan fingerprint density at radius 1 is 1.04 bits per heavy atom. The van der Waals surface area contributed by atoms with Gasteiger partial charge in [-0.1, -0.05) is 57.9 Å². The lowest BCUT2D eigenvalue weighted by Crippen LogP contribution is -2.47. The Bertz CT molecular complexity index is 494. The Labute approximate surface area is 142 Å². The van der Waals surface area contributed by atoms with Crippen molar-refractivity contribution in [3.8, 4) is 0 Å².